The molecule has 2 aromatic carbocycles. The number of rotatable bonds is 5. The lowest BCUT2D eigenvalue weighted by molar-refractivity contribution is 0.290. The van der Waals surface area contributed by atoms with Crippen molar-refractivity contribution < 1.29 is 0 Å². The summed E-state index contributed by atoms with van der Waals surface area (Å²) in [7, 11) is 0. The van der Waals surface area contributed by atoms with Gasteiger partial charge in [-0.05, 0) is 59.4 Å². The minimum absolute atomic E-state index is 0.374. The summed E-state index contributed by atoms with van der Waals surface area (Å²) in [6, 6.07) is 21.5. The summed E-state index contributed by atoms with van der Waals surface area (Å²) >= 11 is 0. The van der Waals surface area contributed by atoms with Crippen LogP contribution in [0, 0.1) is 0 Å². The average Bonchev–Trinajstić information content (AvgIpc) is 3.72. The molecular weight excluding hydrogens is 564 g/mol. The fourth-order valence-electron chi connectivity index (χ4n) is 7.32. The van der Waals surface area contributed by atoms with Crippen molar-refractivity contribution in [3.63, 3.8) is 0 Å². The molecule has 0 amide bonds. The number of hydrogen-bond donors (Lipinski definition) is 0. The van der Waals surface area contributed by atoms with Gasteiger partial charge in [0.2, 0.25) is 0 Å². The standard InChI is InChI=1S/C40H40N6/c1-23(2)25-13-9-17-29-33(25)35-27(15-11-19-41-35)37-43-31(21-45(29)37)39(5,6)40(7,8)32-22-46-30-18-10-14-26(24(3)4)34(30)36-28(38(46)44-32)16-12-20-42-36/h9-24H,1-8H3. The van der Waals surface area contributed by atoms with Gasteiger partial charge in [0.05, 0.1) is 33.5 Å². The molecule has 0 aliphatic carbocycles. The van der Waals surface area contributed by atoms with E-state index in [4.69, 9.17) is 19.9 Å². The second-order valence-corrected chi connectivity index (χ2v) is 14.5. The lowest BCUT2D eigenvalue weighted by Gasteiger charge is -2.39. The summed E-state index contributed by atoms with van der Waals surface area (Å²) in [6.45, 7) is 18.2. The Hall–Kier alpha value is -4.84. The Balaban J connectivity index is 1.37. The Morgan fingerprint density at radius 3 is 1.35 bits per heavy atom. The maximum Gasteiger partial charge on any atom is 0.147 e. The highest BCUT2D eigenvalue weighted by molar-refractivity contribution is 6.12. The van der Waals surface area contributed by atoms with E-state index in [1.54, 1.807) is 0 Å². The number of pyridine rings is 4. The first kappa shape index (κ1) is 28.6. The zero-order valence-corrected chi connectivity index (χ0v) is 27.9. The van der Waals surface area contributed by atoms with E-state index in [0.29, 0.717) is 11.8 Å². The molecule has 0 spiro atoms. The van der Waals surface area contributed by atoms with Gasteiger partial charge in [0.25, 0.3) is 0 Å². The molecule has 6 heterocycles. The molecule has 230 valence electrons. The van der Waals surface area contributed by atoms with Crippen LogP contribution in [-0.4, -0.2) is 28.7 Å². The molecule has 0 saturated carbocycles. The van der Waals surface area contributed by atoms with Crippen LogP contribution in [0.15, 0.2) is 85.5 Å². The lowest BCUT2D eigenvalue weighted by Crippen LogP contribution is -2.41. The van der Waals surface area contributed by atoms with Crippen molar-refractivity contribution in [2.24, 2.45) is 0 Å². The zero-order valence-electron chi connectivity index (χ0n) is 27.9. The Bertz CT molecular complexity index is 2320. The fraction of sp³-hybridized carbons (Fsp3) is 0.300. The first-order valence-corrected chi connectivity index (χ1v) is 16.4. The van der Waals surface area contributed by atoms with E-state index >= 15 is 0 Å². The Morgan fingerprint density at radius 2 is 0.957 bits per heavy atom. The molecule has 46 heavy (non-hydrogen) atoms. The van der Waals surface area contributed by atoms with E-state index in [1.165, 1.54) is 21.9 Å². The molecule has 0 aliphatic rings. The monoisotopic (exact) mass is 604 g/mol. The van der Waals surface area contributed by atoms with E-state index in [9.17, 15) is 0 Å². The fourth-order valence-corrected chi connectivity index (χ4v) is 7.32. The van der Waals surface area contributed by atoms with Gasteiger partial charge in [-0.2, -0.15) is 0 Å². The van der Waals surface area contributed by atoms with Crippen molar-refractivity contribution >= 4 is 54.9 Å². The molecule has 0 radical (unpaired) electrons. The summed E-state index contributed by atoms with van der Waals surface area (Å²) < 4.78 is 4.56. The Kier molecular flexibility index (Phi) is 6.12. The zero-order chi connectivity index (χ0) is 32.1. The summed E-state index contributed by atoms with van der Waals surface area (Å²) in [5, 5.41) is 4.55. The summed E-state index contributed by atoms with van der Waals surface area (Å²) in [6.07, 6.45) is 8.27. The first-order chi connectivity index (χ1) is 22.0. The van der Waals surface area contributed by atoms with Gasteiger partial charge in [-0.1, -0.05) is 79.7 Å². The Labute approximate surface area is 269 Å². The number of benzene rings is 2. The van der Waals surface area contributed by atoms with E-state index in [1.807, 2.05) is 24.5 Å². The molecule has 6 heteroatoms. The van der Waals surface area contributed by atoms with Crippen molar-refractivity contribution in [1.29, 1.82) is 0 Å². The van der Waals surface area contributed by atoms with Crippen LogP contribution < -0.4 is 0 Å². The van der Waals surface area contributed by atoms with Crippen molar-refractivity contribution in [3.05, 3.63) is 108 Å². The predicted octanol–water partition coefficient (Wildman–Crippen LogP) is 9.89. The minimum Gasteiger partial charge on any atom is -0.299 e. The molecule has 8 aromatic rings. The van der Waals surface area contributed by atoms with Gasteiger partial charge in [-0.25, -0.2) is 9.97 Å². The lowest BCUT2D eigenvalue weighted by atomic mass is 9.64. The van der Waals surface area contributed by atoms with Crippen LogP contribution in [0.1, 0.15) is 89.7 Å². The number of nitrogens with zero attached hydrogens (tertiary/aromatic N) is 6. The maximum absolute atomic E-state index is 5.39. The van der Waals surface area contributed by atoms with Gasteiger partial charge in [0, 0.05) is 57.2 Å². The highest BCUT2D eigenvalue weighted by Crippen LogP contribution is 2.45. The van der Waals surface area contributed by atoms with Crippen molar-refractivity contribution in [2.75, 3.05) is 0 Å². The topological polar surface area (TPSA) is 60.4 Å². The normalized spacial score (nSPS) is 13.2. The molecule has 0 bridgehead atoms. The number of hydrogen-bond acceptors (Lipinski definition) is 4. The van der Waals surface area contributed by atoms with Crippen molar-refractivity contribution in [1.82, 2.24) is 28.7 Å². The first-order valence-electron chi connectivity index (χ1n) is 16.4. The highest BCUT2D eigenvalue weighted by Gasteiger charge is 2.44. The van der Waals surface area contributed by atoms with Gasteiger partial charge in [0.15, 0.2) is 0 Å². The Morgan fingerprint density at radius 1 is 0.543 bits per heavy atom. The third kappa shape index (κ3) is 3.82. The summed E-state index contributed by atoms with van der Waals surface area (Å²) in [5.41, 5.74) is 10.1. The second kappa shape index (κ2) is 9.83. The molecule has 6 aromatic heterocycles. The number of aromatic nitrogens is 6. The van der Waals surface area contributed by atoms with Crippen LogP contribution in [0.5, 0.6) is 0 Å². The van der Waals surface area contributed by atoms with E-state index in [2.05, 4.69) is 125 Å². The van der Waals surface area contributed by atoms with Crippen LogP contribution in [0.3, 0.4) is 0 Å². The van der Waals surface area contributed by atoms with Gasteiger partial charge in [0.1, 0.15) is 11.3 Å². The van der Waals surface area contributed by atoms with Gasteiger partial charge < -0.3 is 0 Å². The van der Waals surface area contributed by atoms with Crippen molar-refractivity contribution in [2.45, 2.75) is 78.1 Å². The maximum atomic E-state index is 5.39. The molecular formula is C40H40N6. The van der Waals surface area contributed by atoms with Crippen LogP contribution in [0.2, 0.25) is 0 Å². The predicted molar refractivity (Wildman–Crippen MR) is 190 cm³/mol. The summed E-state index contributed by atoms with van der Waals surface area (Å²) in [4.78, 5) is 20.6. The third-order valence-electron chi connectivity index (χ3n) is 10.7. The molecule has 0 atom stereocenters. The smallest absolute Gasteiger partial charge is 0.147 e. The van der Waals surface area contributed by atoms with Crippen LogP contribution >= 0.6 is 0 Å². The van der Waals surface area contributed by atoms with Crippen LogP contribution in [0.4, 0.5) is 0 Å². The second-order valence-electron chi connectivity index (χ2n) is 14.5. The van der Waals surface area contributed by atoms with E-state index < -0.39 is 0 Å². The van der Waals surface area contributed by atoms with E-state index in [0.717, 1.165) is 55.5 Å². The van der Waals surface area contributed by atoms with Crippen molar-refractivity contribution in [3.8, 4) is 0 Å². The largest absolute Gasteiger partial charge is 0.299 e. The third-order valence-corrected chi connectivity index (χ3v) is 10.7. The average molecular weight is 605 g/mol. The molecule has 0 unspecified atom stereocenters. The molecule has 8 rings (SSSR count). The highest BCUT2D eigenvalue weighted by atomic mass is 15.0. The molecule has 0 aliphatic heterocycles. The van der Waals surface area contributed by atoms with Gasteiger partial charge >= 0.3 is 0 Å². The molecule has 0 saturated heterocycles. The van der Waals surface area contributed by atoms with Crippen LogP contribution in [0.25, 0.3) is 54.9 Å². The minimum atomic E-state index is -0.375. The van der Waals surface area contributed by atoms with Crippen LogP contribution in [-0.2, 0) is 10.8 Å². The van der Waals surface area contributed by atoms with Gasteiger partial charge in [-0.15, -0.1) is 0 Å². The SMILES string of the molecule is CC(C)c1cccc2c1c1ncccc1c1nc(C(C)(C)C(C)(C)c3cn4c5cccc(C(C)C)c5c5ncccc5c4n3)cn21. The quantitative estimate of drug-likeness (QED) is 0.184. The summed E-state index contributed by atoms with van der Waals surface area (Å²) in [5.74, 6) is 0.748. The molecule has 0 fully saturated rings. The molecule has 6 nitrogen and oxygen atoms in total. The van der Waals surface area contributed by atoms with Gasteiger partial charge in [-0.3, -0.25) is 18.8 Å². The number of imidazole rings is 2. The number of fused-ring (bicyclic) bond motifs is 12. The molecule has 0 N–H and O–H groups in total. The van der Waals surface area contributed by atoms with E-state index in [-0.39, 0.29) is 10.8 Å².